The summed E-state index contributed by atoms with van der Waals surface area (Å²) in [4.78, 5) is 23.5. The Labute approximate surface area is 125 Å². The smallest absolute Gasteiger partial charge is 0.281 e. The van der Waals surface area contributed by atoms with E-state index in [1.807, 2.05) is 0 Å². The van der Waals surface area contributed by atoms with Gasteiger partial charge in [0.2, 0.25) is 11.8 Å². The molecular weight excluding hydrogens is 310 g/mol. The predicted octanol–water partition coefficient (Wildman–Crippen LogP) is -0.205. The predicted molar refractivity (Wildman–Crippen MR) is 74.9 cm³/mol. The van der Waals surface area contributed by atoms with Crippen molar-refractivity contribution < 1.29 is 17.9 Å². The molecule has 0 unspecified atom stereocenters. The molecule has 4 bridgehead atoms. The number of nitrogens with one attached hydrogen (secondary N) is 2. The third kappa shape index (κ3) is 2.96. The Kier molecular flexibility index (Phi) is 3.59. The molecule has 2 N–H and O–H groups in total. The van der Waals surface area contributed by atoms with Gasteiger partial charge in [0.1, 0.15) is 12.3 Å². The second-order valence-electron chi connectivity index (χ2n) is 4.29. The average Bonchev–Trinajstić information content (AvgIpc) is 2.51. The van der Waals surface area contributed by atoms with Crippen LogP contribution < -0.4 is 14.8 Å². The molecule has 0 aromatic carbocycles. The number of amides is 1. The van der Waals surface area contributed by atoms with Gasteiger partial charge in [0, 0.05) is 12.3 Å². The number of pyridine rings is 1. The fraction of sp³-hybridized carbons (Fsp3) is 0.167. The normalized spacial score (nSPS) is 16.8. The Morgan fingerprint density at radius 2 is 2.05 bits per heavy atom. The van der Waals surface area contributed by atoms with Crippen molar-refractivity contribution in [3.8, 4) is 5.88 Å². The van der Waals surface area contributed by atoms with Crippen molar-refractivity contribution in [1.29, 1.82) is 0 Å². The first kappa shape index (κ1) is 14.2. The van der Waals surface area contributed by atoms with Crippen molar-refractivity contribution in [2.24, 2.45) is 0 Å². The molecule has 3 rings (SSSR count). The van der Waals surface area contributed by atoms with E-state index in [1.54, 1.807) is 0 Å². The van der Waals surface area contributed by atoms with Crippen LogP contribution in [0.4, 0.5) is 5.95 Å². The van der Waals surface area contributed by atoms with Gasteiger partial charge in [0.25, 0.3) is 15.9 Å². The molecule has 2 aromatic heterocycles. The van der Waals surface area contributed by atoms with Gasteiger partial charge in [-0.15, -0.1) is 0 Å². The van der Waals surface area contributed by atoms with E-state index in [4.69, 9.17) is 4.74 Å². The SMILES string of the molecule is O=C1NCCOc2ccnc(n2)NS(=O)(=O)c2cccc1n2. The zero-order chi connectivity index (χ0) is 15.6. The zero-order valence-corrected chi connectivity index (χ0v) is 12.0. The summed E-state index contributed by atoms with van der Waals surface area (Å²) in [6, 6.07) is 5.62. The van der Waals surface area contributed by atoms with Crippen LogP contribution in [0, 0.1) is 0 Å². The van der Waals surface area contributed by atoms with Gasteiger partial charge in [0.15, 0.2) is 5.03 Å². The number of carbonyl (C=O) groups is 1. The first-order valence-corrected chi connectivity index (χ1v) is 7.77. The summed E-state index contributed by atoms with van der Waals surface area (Å²) in [5.74, 6) is -0.429. The molecule has 0 spiro atoms. The lowest BCUT2D eigenvalue weighted by molar-refractivity contribution is 0.0941. The molecule has 1 aliphatic heterocycles. The lowest BCUT2D eigenvalue weighted by Gasteiger charge is -2.07. The van der Waals surface area contributed by atoms with Crippen LogP contribution in [0.3, 0.4) is 0 Å². The number of nitrogens with zero attached hydrogens (tertiary/aromatic N) is 3. The molecule has 1 aliphatic rings. The van der Waals surface area contributed by atoms with Crippen molar-refractivity contribution in [3.05, 3.63) is 36.2 Å². The number of sulfonamides is 1. The van der Waals surface area contributed by atoms with E-state index in [-0.39, 0.29) is 35.7 Å². The van der Waals surface area contributed by atoms with E-state index in [2.05, 4.69) is 25.0 Å². The van der Waals surface area contributed by atoms with Crippen LogP contribution in [-0.2, 0) is 10.0 Å². The molecule has 22 heavy (non-hydrogen) atoms. The van der Waals surface area contributed by atoms with Crippen molar-refractivity contribution in [2.75, 3.05) is 17.9 Å². The summed E-state index contributed by atoms with van der Waals surface area (Å²) in [7, 11) is -4.00. The van der Waals surface area contributed by atoms with Gasteiger partial charge in [0.05, 0.1) is 6.54 Å². The molecule has 0 saturated heterocycles. The summed E-state index contributed by atoms with van der Waals surface area (Å²) < 4.78 is 32.0. The van der Waals surface area contributed by atoms with Crippen LogP contribution >= 0.6 is 0 Å². The summed E-state index contributed by atoms with van der Waals surface area (Å²) in [5, 5.41) is 2.28. The number of aromatic nitrogens is 3. The minimum Gasteiger partial charge on any atom is -0.476 e. The van der Waals surface area contributed by atoms with Crippen molar-refractivity contribution in [1.82, 2.24) is 20.3 Å². The number of anilines is 1. The molecule has 0 saturated carbocycles. The van der Waals surface area contributed by atoms with Gasteiger partial charge in [-0.1, -0.05) is 6.07 Å². The molecule has 10 heteroatoms. The maximum atomic E-state index is 12.3. The van der Waals surface area contributed by atoms with Gasteiger partial charge in [-0.2, -0.15) is 13.4 Å². The van der Waals surface area contributed by atoms with Gasteiger partial charge in [-0.05, 0) is 12.1 Å². The number of hydrogen-bond acceptors (Lipinski definition) is 7. The van der Waals surface area contributed by atoms with Gasteiger partial charge < -0.3 is 10.1 Å². The third-order valence-electron chi connectivity index (χ3n) is 2.72. The maximum Gasteiger partial charge on any atom is 0.281 e. The molecule has 0 radical (unpaired) electrons. The van der Waals surface area contributed by atoms with Crippen LogP contribution in [0.25, 0.3) is 0 Å². The Morgan fingerprint density at radius 3 is 2.91 bits per heavy atom. The minimum absolute atomic E-state index is 0.00486. The topological polar surface area (TPSA) is 123 Å². The Hall–Kier alpha value is -2.75. The van der Waals surface area contributed by atoms with Crippen molar-refractivity contribution in [2.45, 2.75) is 5.03 Å². The van der Waals surface area contributed by atoms with E-state index < -0.39 is 15.9 Å². The Balaban J connectivity index is 2.06. The number of rotatable bonds is 0. The van der Waals surface area contributed by atoms with Crippen molar-refractivity contribution >= 4 is 21.9 Å². The molecule has 9 nitrogen and oxygen atoms in total. The molecule has 114 valence electrons. The monoisotopic (exact) mass is 321 g/mol. The van der Waals surface area contributed by atoms with E-state index in [0.717, 1.165) is 0 Å². The molecule has 0 fully saturated rings. The molecule has 1 amide bonds. The summed E-state index contributed by atoms with van der Waals surface area (Å²) >= 11 is 0. The minimum atomic E-state index is -4.00. The molecule has 0 atom stereocenters. The maximum absolute atomic E-state index is 12.3. The van der Waals surface area contributed by atoms with Gasteiger partial charge in [-0.3, -0.25) is 4.79 Å². The van der Waals surface area contributed by atoms with E-state index in [1.165, 1.54) is 30.5 Å². The second kappa shape index (κ2) is 5.56. The molecule has 2 aromatic rings. The fourth-order valence-corrected chi connectivity index (χ4v) is 2.67. The number of ether oxygens (including phenoxy) is 1. The van der Waals surface area contributed by atoms with Crippen LogP contribution in [0.5, 0.6) is 5.88 Å². The van der Waals surface area contributed by atoms with E-state index in [0.29, 0.717) is 0 Å². The lowest BCUT2D eigenvalue weighted by Crippen LogP contribution is -2.29. The summed E-state index contributed by atoms with van der Waals surface area (Å²) in [6.07, 6.45) is 1.36. The lowest BCUT2D eigenvalue weighted by atomic mass is 10.3. The Morgan fingerprint density at radius 1 is 1.18 bits per heavy atom. The standard InChI is InChI=1S/C12H11N5O4S/c18-11-8-2-1-3-10(15-8)22(19,20)17-12-14-5-4-9(16-12)21-7-6-13-11/h1-5H,6-7H2,(H,13,18)(H,14,16,17). The highest BCUT2D eigenvalue weighted by Crippen LogP contribution is 2.14. The first-order chi connectivity index (χ1) is 10.5. The zero-order valence-electron chi connectivity index (χ0n) is 11.2. The molecule has 3 heterocycles. The van der Waals surface area contributed by atoms with Gasteiger partial charge in [-0.25, -0.2) is 14.7 Å². The van der Waals surface area contributed by atoms with Crippen LogP contribution in [0.15, 0.2) is 35.5 Å². The molecular formula is C12H11N5O4S. The van der Waals surface area contributed by atoms with E-state index >= 15 is 0 Å². The van der Waals surface area contributed by atoms with Crippen molar-refractivity contribution in [3.63, 3.8) is 0 Å². The number of carbonyl (C=O) groups excluding carboxylic acids is 1. The highest BCUT2D eigenvalue weighted by atomic mass is 32.2. The van der Waals surface area contributed by atoms with Gasteiger partial charge >= 0.3 is 0 Å². The average molecular weight is 321 g/mol. The first-order valence-electron chi connectivity index (χ1n) is 6.28. The second-order valence-corrected chi connectivity index (χ2v) is 5.92. The summed E-state index contributed by atoms with van der Waals surface area (Å²) in [6.45, 7) is 0.402. The van der Waals surface area contributed by atoms with Crippen LogP contribution in [0.1, 0.15) is 10.5 Å². The van der Waals surface area contributed by atoms with Crippen LogP contribution in [-0.4, -0.2) is 42.4 Å². The largest absolute Gasteiger partial charge is 0.476 e. The number of hydrogen-bond donors (Lipinski definition) is 2. The summed E-state index contributed by atoms with van der Waals surface area (Å²) in [5.41, 5.74) is -0.00486. The highest BCUT2D eigenvalue weighted by molar-refractivity contribution is 7.92. The van der Waals surface area contributed by atoms with Crippen LogP contribution in [0.2, 0.25) is 0 Å². The molecule has 0 aliphatic carbocycles. The quantitative estimate of drug-likeness (QED) is 0.688. The Bertz CT molecular complexity index is 824. The third-order valence-corrected chi connectivity index (χ3v) is 3.95. The fourth-order valence-electron chi connectivity index (χ4n) is 1.75. The highest BCUT2D eigenvalue weighted by Gasteiger charge is 2.20. The number of fused-ring (bicyclic) bond motifs is 4. The van der Waals surface area contributed by atoms with E-state index in [9.17, 15) is 13.2 Å².